The Balaban J connectivity index is 1.75. The van der Waals surface area contributed by atoms with Crippen LogP contribution in [0.4, 0.5) is 0 Å². The maximum atomic E-state index is 3.77. The van der Waals surface area contributed by atoms with Crippen molar-refractivity contribution in [2.75, 3.05) is 6.54 Å². The first kappa shape index (κ1) is 14.1. The minimum Gasteiger partial charge on any atom is -0.313 e. The smallest absolute Gasteiger partial charge is 0.0214 e. The molecule has 0 saturated heterocycles. The minimum atomic E-state index is 0.429. The number of allylic oxidation sites excluding steroid dienone is 1. The molecule has 1 aliphatic carbocycles. The maximum absolute atomic E-state index is 3.77. The number of rotatable bonds is 5. The van der Waals surface area contributed by atoms with Crippen LogP contribution in [0.15, 0.2) is 72.8 Å². The molecule has 0 heterocycles. The summed E-state index contributed by atoms with van der Waals surface area (Å²) in [5.74, 6) is 0.429. The van der Waals surface area contributed by atoms with Gasteiger partial charge in [-0.15, -0.1) is 0 Å². The summed E-state index contributed by atoms with van der Waals surface area (Å²) in [7, 11) is 0. The molecule has 0 bridgehead atoms. The zero-order valence-electron chi connectivity index (χ0n) is 12.4. The Morgan fingerprint density at radius 2 is 1.48 bits per heavy atom. The SMILES string of the molecule is C1=CCC(NCC(c2ccccc2)c2ccccc2)CC1. The quantitative estimate of drug-likeness (QED) is 0.792. The third-order valence-corrected chi connectivity index (χ3v) is 4.28. The normalized spacial score (nSPS) is 18.0. The summed E-state index contributed by atoms with van der Waals surface area (Å²) in [4.78, 5) is 0. The van der Waals surface area contributed by atoms with Gasteiger partial charge in [0.1, 0.15) is 0 Å². The summed E-state index contributed by atoms with van der Waals surface area (Å²) in [6.07, 6.45) is 8.23. The second kappa shape index (κ2) is 7.24. The molecule has 2 aromatic rings. The topological polar surface area (TPSA) is 12.0 Å². The van der Waals surface area contributed by atoms with E-state index in [1.54, 1.807) is 0 Å². The van der Waals surface area contributed by atoms with Crippen molar-refractivity contribution in [3.05, 3.63) is 83.9 Å². The molecule has 0 saturated carbocycles. The first-order valence-electron chi connectivity index (χ1n) is 7.92. The first-order valence-corrected chi connectivity index (χ1v) is 7.92. The molecule has 1 aliphatic rings. The highest BCUT2D eigenvalue weighted by Gasteiger charge is 2.16. The van der Waals surface area contributed by atoms with Crippen LogP contribution in [-0.2, 0) is 0 Å². The Hall–Kier alpha value is -1.86. The van der Waals surface area contributed by atoms with Gasteiger partial charge < -0.3 is 5.32 Å². The van der Waals surface area contributed by atoms with Gasteiger partial charge in [0.2, 0.25) is 0 Å². The Labute approximate surface area is 127 Å². The highest BCUT2D eigenvalue weighted by molar-refractivity contribution is 5.32. The van der Waals surface area contributed by atoms with Gasteiger partial charge in [0, 0.05) is 18.5 Å². The van der Waals surface area contributed by atoms with Gasteiger partial charge in [-0.1, -0.05) is 72.8 Å². The van der Waals surface area contributed by atoms with Crippen LogP contribution in [0.25, 0.3) is 0 Å². The van der Waals surface area contributed by atoms with E-state index in [0.717, 1.165) is 13.0 Å². The Morgan fingerprint density at radius 1 is 0.857 bits per heavy atom. The molecule has 0 radical (unpaired) electrons. The van der Waals surface area contributed by atoms with E-state index in [2.05, 4.69) is 78.1 Å². The summed E-state index contributed by atoms with van der Waals surface area (Å²) in [5, 5.41) is 3.77. The fourth-order valence-corrected chi connectivity index (χ4v) is 3.06. The summed E-state index contributed by atoms with van der Waals surface area (Å²) >= 11 is 0. The fourth-order valence-electron chi connectivity index (χ4n) is 3.06. The average molecular weight is 277 g/mol. The highest BCUT2D eigenvalue weighted by Crippen LogP contribution is 2.24. The van der Waals surface area contributed by atoms with Crippen molar-refractivity contribution >= 4 is 0 Å². The van der Waals surface area contributed by atoms with Crippen LogP contribution in [-0.4, -0.2) is 12.6 Å². The predicted octanol–water partition coefficient (Wildman–Crippen LogP) is 4.52. The van der Waals surface area contributed by atoms with E-state index in [4.69, 9.17) is 0 Å². The second-order valence-electron chi connectivity index (χ2n) is 5.76. The number of benzene rings is 2. The van der Waals surface area contributed by atoms with Crippen LogP contribution >= 0.6 is 0 Å². The van der Waals surface area contributed by atoms with E-state index in [1.807, 2.05) is 0 Å². The van der Waals surface area contributed by atoms with Crippen LogP contribution in [0.2, 0.25) is 0 Å². The van der Waals surface area contributed by atoms with Crippen molar-refractivity contribution in [2.24, 2.45) is 0 Å². The lowest BCUT2D eigenvalue weighted by Gasteiger charge is -2.24. The molecule has 1 unspecified atom stereocenters. The van der Waals surface area contributed by atoms with Crippen LogP contribution in [0, 0.1) is 0 Å². The summed E-state index contributed by atoms with van der Waals surface area (Å²) < 4.78 is 0. The lowest BCUT2D eigenvalue weighted by molar-refractivity contribution is 0.465. The molecule has 108 valence electrons. The number of hydrogen-bond acceptors (Lipinski definition) is 1. The van der Waals surface area contributed by atoms with Crippen LogP contribution < -0.4 is 5.32 Å². The Morgan fingerprint density at radius 3 is 2.00 bits per heavy atom. The first-order chi connectivity index (χ1) is 10.4. The molecule has 0 amide bonds. The molecule has 1 N–H and O–H groups in total. The van der Waals surface area contributed by atoms with E-state index in [-0.39, 0.29) is 0 Å². The Bertz CT molecular complexity index is 519. The van der Waals surface area contributed by atoms with Crippen molar-refractivity contribution in [3.63, 3.8) is 0 Å². The van der Waals surface area contributed by atoms with Gasteiger partial charge in [-0.25, -0.2) is 0 Å². The average Bonchev–Trinajstić information content (AvgIpc) is 2.58. The zero-order valence-corrected chi connectivity index (χ0v) is 12.4. The van der Waals surface area contributed by atoms with Crippen molar-refractivity contribution in [2.45, 2.75) is 31.2 Å². The molecule has 0 spiro atoms. The largest absolute Gasteiger partial charge is 0.313 e. The van der Waals surface area contributed by atoms with Crippen LogP contribution in [0.1, 0.15) is 36.3 Å². The lowest BCUT2D eigenvalue weighted by atomic mass is 9.90. The predicted molar refractivity (Wildman–Crippen MR) is 89.5 cm³/mol. The molecule has 21 heavy (non-hydrogen) atoms. The van der Waals surface area contributed by atoms with Crippen molar-refractivity contribution in [3.8, 4) is 0 Å². The lowest BCUT2D eigenvalue weighted by Crippen LogP contribution is -2.33. The maximum Gasteiger partial charge on any atom is 0.0214 e. The number of hydrogen-bond donors (Lipinski definition) is 1. The fraction of sp³-hybridized carbons (Fsp3) is 0.300. The summed E-state index contributed by atoms with van der Waals surface area (Å²) in [6.45, 7) is 1.01. The molecule has 1 nitrogen and oxygen atoms in total. The third kappa shape index (κ3) is 3.83. The van der Waals surface area contributed by atoms with Crippen molar-refractivity contribution in [1.29, 1.82) is 0 Å². The zero-order chi connectivity index (χ0) is 14.3. The van der Waals surface area contributed by atoms with Gasteiger partial charge in [-0.05, 0) is 30.4 Å². The van der Waals surface area contributed by atoms with Gasteiger partial charge in [-0.3, -0.25) is 0 Å². The van der Waals surface area contributed by atoms with E-state index in [0.29, 0.717) is 12.0 Å². The van der Waals surface area contributed by atoms with E-state index < -0.39 is 0 Å². The van der Waals surface area contributed by atoms with Crippen molar-refractivity contribution in [1.82, 2.24) is 5.32 Å². The molecule has 0 aliphatic heterocycles. The van der Waals surface area contributed by atoms with Gasteiger partial charge in [0.15, 0.2) is 0 Å². The van der Waals surface area contributed by atoms with E-state index in [1.165, 1.54) is 24.0 Å². The van der Waals surface area contributed by atoms with Gasteiger partial charge in [-0.2, -0.15) is 0 Å². The van der Waals surface area contributed by atoms with Gasteiger partial charge in [0.05, 0.1) is 0 Å². The molecule has 1 heteroatoms. The minimum absolute atomic E-state index is 0.429. The second-order valence-corrected chi connectivity index (χ2v) is 5.76. The van der Waals surface area contributed by atoms with Crippen molar-refractivity contribution < 1.29 is 0 Å². The molecule has 3 rings (SSSR count). The molecule has 0 aromatic heterocycles. The van der Waals surface area contributed by atoms with Gasteiger partial charge >= 0.3 is 0 Å². The molecular formula is C20H23N. The van der Waals surface area contributed by atoms with E-state index in [9.17, 15) is 0 Å². The highest BCUT2D eigenvalue weighted by atomic mass is 14.9. The van der Waals surface area contributed by atoms with Gasteiger partial charge in [0.25, 0.3) is 0 Å². The molecular weight excluding hydrogens is 254 g/mol. The van der Waals surface area contributed by atoms with Crippen LogP contribution in [0.5, 0.6) is 0 Å². The third-order valence-electron chi connectivity index (χ3n) is 4.28. The summed E-state index contributed by atoms with van der Waals surface area (Å²) in [6, 6.07) is 22.3. The molecule has 1 atom stereocenters. The van der Waals surface area contributed by atoms with Crippen LogP contribution in [0.3, 0.4) is 0 Å². The summed E-state index contributed by atoms with van der Waals surface area (Å²) in [5.41, 5.74) is 2.78. The number of nitrogens with one attached hydrogen (secondary N) is 1. The molecule has 2 aromatic carbocycles. The van der Waals surface area contributed by atoms with E-state index >= 15 is 0 Å². The molecule has 0 fully saturated rings. The monoisotopic (exact) mass is 277 g/mol. The Kier molecular flexibility index (Phi) is 4.86. The standard InChI is InChI=1S/C20H23N/c1-4-10-17(11-5-1)20(18-12-6-2-7-13-18)16-21-19-14-8-3-9-15-19/h1-8,10-13,19-21H,9,14-16H2.